The van der Waals surface area contributed by atoms with Crippen LogP contribution >= 0.6 is 12.4 Å². The Morgan fingerprint density at radius 2 is 1.89 bits per heavy atom. The van der Waals surface area contributed by atoms with E-state index < -0.39 is 0 Å². The average Bonchev–Trinajstić information content (AvgIpc) is 3.09. The first-order chi connectivity index (χ1) is 12.6. The zero-order valence-electron chi connectivity index (χ0n) is 15.1. The normalized spacial score (nSPS) is 14.1. The molecule has 2 amide bonds. The summed E-state index contributed by atoms with van der Waals surface area (Å²) in [6.07, 6.45) is 4.89. The molecule has 0 bridgehead atoms. The maximum Gasteiger partial charge on any atom is 0.246 e. The van der Waals surface area contributed by atoms with E-state index in [0.29, 0.717) is 11.4 Å². The van der Waals surface area contributed by atoms with Crippen molar-refractivity contribution < 1.29 is 14.3 Å². The summed E-state index contributed by atoms with van der Waals surface area (Å²) in [5, 5.41) is 13.0. The van der Waals surface area contributed by atoms with Crippen molar-refractivity contribution in [3.8, 4) is 5.75 Å². The monoisotopic (exact) mass is 393 g/mol. The highest BCUT2D eigenvalue weighted by Gasteiger charge is 2.21. The zero-order chi connectivity index (χ0) is 18.4. The van der Waals surface area contributed by atoms with Crippen molar-refractivity contribution in [3.63, 3.8) is 0 Å². The Hall–Kier alpha value is -2.58. The van der Waals surface area contributed by atoms with E-state index in [1.807, 2.05) is 0 Å². The molecule has 2 aromatic rings. The summed E-state index contributed by atoms with van der Waals surface area (Å²) in [6.45, 7) is 1.79. The molecule has 27 heavy (non-hydrogen) atoms. The number of methoxy groups -OCH3 is 1. The number of rotatable bonds is 6. The van der Waals surface area contributed by atoms with E-state index in [0.717, 1.165) is 31.7 Å². The number of nitrogens with one attached hydrogen (secondary N) is 3. The Kier molecular flexibility index (Phi) is 7.63. The SMILES string of the molecule is COc1ccc(NC(=O)Cn2cc(NC(=O)C3CCNCC3)cn2)cc1.Cl. The molecule has 1 fully saturated rings. The fraction of sp³-hybridized carbons (Fsp3) is 0.389. The number of amides is 2. The number of hydrogen-bond acceptors (Lipinski definition) is 5. The van der Waals surface area contributed by atoms with Crippen molar-refractivity contribution in [2.45, 2.75) is 19.4 Å². The molecule has 8 nitrogen and oxygen atoms in total. The van der Waals surface area contributed by atoms with Crippen LogP contribution in [0, 0.1) is 5.92 Å². The van der Waals surface area contributed by atoms with Crippen LogP contribution in [0.4, 0.5) is 11.4 Å². The van der Waals surface area contributed by atoms with E-state index >= 15 is 0 Å². The van der Waals surface area contributed by atoms with Gasteiger partial charge < -0.3 is 20.7 Å². The van der Waals surface area contributed by atoms with Gasteiger partial charge in [0.1, 0.15) is 12.3 Å². The molecule has 0 radical (unpaired) electrons. The number of carbonyl (C=O) groups is 2. The van der Waals surface area contributed by atoms with Crippen molar-refractivity contribution in [1.29, 1.82) is 0 Å². The van der Waals surface area contributed by atoms with E-state index in [2.05, 4.69) is 21.0 Å². The summed E-state index contributed by atoms with van der Waals surface area (Å²) in [5.41, 5.74) is 1.29. The van der Waals surface area contributed by atoms with Gasteiger partial charge in [-0.2, -0.15) is 5.10 Å². The number of halogens is 1. The third kappa shape index (κ3) is 5.97. The first-order valence-corrected chi connectivity index (χ1v) is 8.62. The molecule has 0 unspecified atom stereocenters. The van der Waals surface area contributed by atoms with E-state index in [4.69, 9.17) is 4.74 Å². The Labute approximate surface area is 164 Å². The number of aromatic nitrogens is 2. The molecule has 0 aliphatic carbocycles. The fourth-order valence-corrected chi connectivity index (χ4v) is 2.87. The molecule has 1 saturated heterocycles. The lowest BCUT2D eigenvalue weighted by atomic mass is 9.97. The highest BCUT2D eigenvalue weighted by atomic mass is 35.5. The van der Waals surface area contributed by atoms with Gasteiger partial charge in [0, 0.05) is 17.8 Å². The van der Waals surface area contributed by atoms with Crippen molar-refractivity contribution >= 4 is 35.6 Å². The van der Waals surface area contributed by atoms with Gasteiger partial charge in [0.25, 0.3) is 0 Å². The topological polar surface area (TPSA) is 97.3 Å². The van der Waals surface area contributed by atoms with Crippen LogP contribution in [-0.2, 0) is 16.1 Å². The summed E-state index contributed by atoms with van der Waals surface area (Å²) in [7, 11) is 1.59. The predicted octanol–water partition coefficient (Wildman–Crippen LogP) is 1.89. The van der Waals surface area contributed by atoms with Gasteiger partial charge in [-0.3, -0.25) is 14.3 Å². The number of benzene rings is 1. The molecular formula is C18H24ClN5O3. The van der Waals surface area contributed by atoms with Gasteiger partial charge in [-0.1, -0.05) is 0 Å². The van der Waals surface area contributed by atoms with Crippen molar-refractivity contribution in [3.05, 3.63) is 36.7 Å². The first kappa shape index (κ1) is 20.7. The minimum atomic E-state index is -0.200. The summed E-state index contributed by atoms with van der Waals surface area (Å²) in [6, 6.07) is 7.09. The van der Waals surface area contributed by atoms with Crippen LogP contribution in [-0.4, -0.2) is 41.8 Å². The Morgan fingerprint density at radius 1 is 1.19 bits per heavy atom. The second-order valence-corrected chi connectivity index (χ2v) is 6.22. The molecule has 3 rings (SSSR count). The molecule has 146 valence electrons. The molecule has 0 atom stereocenters. The van der Waals surface area contributed by atoms with Gasteiger partial charge in [0.05, 0.1) is 19.0 Å². The van der Waals surface area contributed by atoms with Gasteiger partial charge in [0.15, 0.2) is 0 Å². The third-order valence-corrected chi connectivity index (χ3v) is 4.29. The lowest BCUT2D eigenvalue weighted by Crippen LogP contribution is -2.34. The maximum absolute atomic E-state index is 12.2. The molecule has 1 aliphatic rings. The largest absolute Gasteiger partial charge is 0.497 e. The third-order valence-electron chi connectivity index (χ3n) is 4.29. The number of nitrogens with zero attached hydrogens (tertiary/aromatic N) is 2. The quantitative estimate of drug-likeness (QED) is 0.696. The number of anilines is 2. The molecule has 1 aliphatic heterocycles. The highest BCUT2D eigenvalue weighted by Crippen LogP contribution is 2.16. The lowest BCUT2D eigenvalue weighted by molar-refractivity contribution is -0.120. The number of carbonyl (C=O) groups excluding carboxylic acids is 2. The first-order valence-electron chi connectivity index (χ1n) is 8.62. The second-order valence-electron chi connectivity index (χ2n) is 6.22. The van der Waals surface area contributed by atoms with Crippen molar-refractivity contribution in [2.75, 3.05) is 30.8 Å². The molecule has 1 aromatic heterocycles. The minimum absolute atomic E-state index is 0. The molecule has 0 saturated carbocycles. The van der Waals surface area contributed by atoms with E-state index in [9.17, 15) is 9.59 Å². The smallest absolute Gasteiger partial charge is 0.246 e. The van der Waals surface area contributed by atoms with Gasteiger partial charge >= 0.3 is 0 Å². The van der Waals surface area contributed by atoms with Crippen LogP contribution in [0.1, 0.15) is 12.8 Å². The number of ether oxygens (including phenoxy) is 1. The lowest BCUT2D eigenvalue weighted by Gasteiger charge is -2.21. The fourth-order valence-electron chi connectivity index (χ4n) is 2.87. The summed E-state index contributed by atoms with van der Waals surface area (Å²) >= 11 is 0. The summed E-state index contributed by atoms with van der Waals surface area (Å²) in [5.74, 6) is 0.561. The molecule has 1 aromatic carbocycles. The number of piperidine rings is 1. The van der Waals surface area contributed by atoms with E-state index in [-0.39, 0.29) is 36.7 Å². The van der Waals surface area contributed by atoms with Crippen LogP contribution in [0.2, 0.25) is 0 Å². The molecule has 9 heteroatoms. The highest BCUT2D eigenvalue weighted by molar-refractivity contribution is 5.93. The van der Waals surface area contributed by atoms with Crippen LogP contribution in [0.3, 0.4) is 0 Å². The van der Waals surface area contributed by atoms with Gasteiger partial charge in [-0.15, -0.1) is 12.4 Å². The van der Waals surface area contributed by atoms with Gasteiger partial charge in [0.2, 0.25) is 11.8 Å². The maximum atomic E-state index is 12.2. The van der Waals surface area contributed by atoms with Crippen LogP contribution < -0.4 is 20.7 Å². The molecule has 2 heterocycles. The number of hydrogen-bond donors (Lipinski definition) is 3. The van der Waals surface area contributed by atoms with Gasteiger partial charge in [-0.25, -0.2) is 0 Å². The Morgan fingerprint density at radius 3 is 2.56 bits per heavy atom. The minimum Gasteiger partial charge on any atom is -0.497 e. The van der Waals surface area contributed by atoms with Crippen LogP contribution in [0.5, 0.6) is 5.75 Å². The van der Waals surface area contributed by atoms with E-state index in [1.165, 1.54) is 4.68 Å². The molecule has 0 spiro atoms. The zero-order valence-corrected chi connectivity index (χ0v) is 15.9. The van der Waals surface area contributed by atoms with Crippen LogP contribution in [0.15, 0.2) is 36.7 Å². The molecular weight excluding hydrogens is 370 g/mol. The van der Waals surface area contributed by atoms with Crippen molar-refractivity contribution in [2.24, 2.45) is 5.92 Å². The summed E-state index contributed by atoms with van der Waals surface area (Å²) in [4.78, 5) is 24.3. The Balaban J connectivity index is 0.00000261. The Bertz CT molecular complexity index is 757. The standard InChI is InChI=1S/C18H23N5O3.ClH/c1-26-16-4-2-14(3-5-16)21-17(24)12-23-11-15(10-20-23)22-18(25)13-6-8-19-9-7-13;/h2-5,10-11,13,19H,6-9,12H2,1H3,(H,21,24)(H,22,25);1H. The second kappa shape index (κ2) is 9.94. The molecule has 3 N–H and O–H groups in total. The van der Waals surface area contributed by atoms with E-state index in [1.54, 1.807) is 43.8 Å². The summed E-state index contributed by atoms with van der Waals surface area (Å²) < 4.78 is 6.58. The predicted molar refractivity (Wildman–Crippen MR) is 105 cm³/mol. The van der Waals surface area contributed by atoms with Crippen molar-refractivity contribution in [1.82, 2.24) is 15.1 Å². The van der Waals surface area contributed by atoms with Crippen LogP contribution in [0.25, 0.3) is 0 Å². The average molecular weight is 394 g/mol. The van der Waals surface area contributed by atoms with Gasteiger partial charge in [-0.05, 0) is 50.2 Å².